The van der Waals surface area contributed by atoms with E-state index in [1.54, 1.807) is 6.07 Å². The molecule has 29 heavy (non-hydrogen) atoms. The van der Waals surface area contributed by atoms with Crippen molar-refractivity contribution in [1.29, 1.82) is 0 Å². The number of piperazine rings is 1. The molecule has 2 N–H and O–H groups in total. The van der Waals surface area contributed by atoms with Crippen molar-refractivity contribution in [1.82, 2.24) is 5.32 Å². The largest absolute Gasteiger partial charge is 0.388 e. The van der Waals surface area contributed by atoms with E-state index in [0.717, 1.165) is 54.1 Å². The lowest BCUT2D eigenvalue weighted by molar-refractivity contribution is 0.350. The van der Waals surface area contributed by atoms with Crippen LogP contribution in [0.2, 0.25) is 5.02 Å². The fourth-order valence-electron chi connectivity index (χ4n) is 4.98. The van der Waals surface area contributed by atoms with Gasteiger partial charge in [0.2, 0.25) is 0 Å². The number of nitrogens with zero attached hydrogens (tertiary/aromatic N) is 1. The van der Waals surface area contributed by atoms with E-state index < -0.39 is 0 Å². The Morgan fingerprint density at radius 3 is 2.66 bits per heavy atom. The fraction of sp³-hybridized carbons (Fsp3) is 0.250. The number of anilines is 2. The van der Waals surface area contributed by atoms with Gasteiger partial charge in [-0.15, -0.1) is 0 Å². The van der Waals surface area contributed by atoms with Crippen LogP contribution in [0.15, 0.2) is 60.7 Å². The number of hydrogen-bond donors (Lipinski definition) is 2. The molecule has 3 aromatic rings. The van der Waals surface area contributed by atoms with Crippen LogP contribution in [0.3, 0.4) is 0 Å². The topological polar surface area (TPSA) is 27.3 Å². The number of nitrogens with one attached hydrogen (secondary N) is 2. The molecule has 3 aromatic carbocycles. The average Bonchev–Trinajstić information content (AvgIpc) is 3.10. The number of hydrogen-bond acceptors (Lipinski definition) is 3. The summed E-state index contributed by atoms with van der Waals surface area (Å²) in [6, 6.07) is 20.1. The summed E-state index contributed by atoms with van der Waals surface area (Å²) in [7, 11) is 1.88. The number of fused-ring (bicyclic) bond motifs is 3. The predicted molar refractivity (Wildman–Crippen MR) is 118 cm³/mol. The third kappa shape index (κ3) is 2.74. The maximum absolute atomic E-state index is 15.0. The zero-order chi connectivity index (χ0) is 20.0. The molecule has 1 saturated heterocycles. The lowest BCUT2D eigenvalue weighted by atomic mass is 9.83. The van der Waals surface area contributed by atoms with E-state index in [0.29, 0.717) is 0 Å². The van der Waals surface area contributed by atoms with Crippen molar-refractivity contribution in [2.24, 2.45) is 0 Å². The first-order valence-electron chi connectivity index (χ1n) is 9.97. The van der Waals surface area contributed by atoms with Gasteiger partial charge in [0, 0.05) is 55.6 Å². The van der Waals surface area contributed by atoms with Crippen molar-refractivity contribution < 1.29 is 4.39 Å². The highest BCUT2D eigenvalue weighted by Crippen LogP contribution is 2.52. The minimum Gasteiger partial charge on any atom is -0.388 e. The molecule has 1 unspecified atom stereocenters. The Morgan fingerprint density at radius 2 is 1.86 bits per heavy atom. The smallest absolute Gasteiger partial charge is 0.144 e. The average molecular weight is 408 g/mol. The van der Waals surface area contributed by atoms with Crippen LogP contribution in [0.1, 0.15) is 11.1 Å². The molecule has 1 atom stereocenters. The second kappa shape index (κ2) is 7.05. The van der Waals surface area contributed by atoms with Crippen molar-refractivity contribution in [2.75, 3.05) is 36.9 Å². The van der Waals surface area contributed by atoms with Crippen molar-refractivity contribution >= 4 is 23.0 Å². The molecule has 0 saturated carbocycles. The number of rotatable bonds is 3. The Hall–Kier alpha value is -2.56. The summed E-state index contributed by atoms with van der Waals surface area (Å²) in [5.41, 5.74) is 5.77. The molecular weight excluding hydrogens is 385 g/mol. The summed E-state index contributed by atoms with van der Waals surface area (Å²) in [6.07, 6.45) is 0.784. The van der Waals surface area contributed by atoms with E-state index >= 15 is 4.39 Å². The molecule has 0 radical (unpaired) electrons. The lowest BCUT2D eigenvalue weighted by Gasteiger charge is -2.45. The highest BCUT2D eigenvalue weighted by atomic mass is 35.5. The Morgan fingerprint density at radius 1 is 1.10 bits per heavy atom. The minimum atomic E-state index is -0.367. The molecular formula is C24H23ClFN3. The molecule has 2 aliphatic rings. The summed E-state index contributed by atoms with van der Waals surface area (Å²) in [5.74, 6) is -0.367. The van der Waals surface area contributed by atoms with Crippen LogP contribution in [0, 0.1) is 5.82 Å². The van der Waals surface area contributed by atoms with Crippen LogP contribution in [0.5, 0.6) is 0 Å². The number of halogens is 2. The fourth-order valence-corrected chi connectivity index (χ4v) is 5.25. The van der Waals surface area contributed by atoms with Gasteiger partial charge in [0.15, 0.2) is 0 Å². The molecule has 0 aliphatic carbocycles. The maximum Gasteiger partial charge on any atom is 0.144 e. The van der Waals surface area contributed by atoms with Crippen LogP contribution >= 0.6 is 11.6 Å². The first-order valence-corrected chi connectivity index (χ1v) is 10.4. The van der Waals surface area contributed by atoms with Gasteiger partial charge >= 0.3 is 0 Å². The Balaban J connectivity index is 1.77. The van der Waals surface area contributed by atoms with Gasteiger partial charge in [-0.1, -0.05) is 60.1 Å². The molecule has 0 amide bonds. The van der Waals surface area contributed by atoms with Crippen LogP contribution in [-0.2, 0) is 12.0 Å². The molecule has 0 aromatic heterocycles. The monoisotopic (exact) mass is 407 g/mol. The number of benzene rings is 3. The van der Waals surface area contributed by atoms with E-state index in [2.05, 4.69) is 39.8 Å². The highest BCUT2D eigenvalue weighted by Gasteiger charge is 2.48. The normalized spacial score (nSPS) is 20.3. The SMILES string of the molecule is CNc1ccccc1-c1c(Cl)c(F)cc2c1CC1(c3ccccc3)CNCCN21. The van der Waals surface area contributed by atoms with E-state index in [-0.39, 0.29) is 16.4 Å². The van der Waals surface area contributed by atoms with E-state index in [4.69, 9.17) is 11.6 Å². The van der Waals surface area contributed by atoms with Crippen LogP contribution in [-0.4, -0.2) is 26.7 Å². The van der Waals surface area contributed by atoms with E-state index in [9.17, 15) is 0 Å². The first kappa shape index (κ1) is 18.5. The van der Waals surface area contributed by atoms with Crippen molar-refractivity contribution in [3.05, 3.63) is 82.6 Å². The summed E-state index contributed by atoms with van der Waals surface area (Å²) < 4.78 is 15.0. The van der Waals surface area contributed by atoms with Gasteiger partial charge in [-0.05, 0) is 23.3 Å². The quantitative estimate of drug-likeness (QED) is 0.636. The number of para-hydroxylation sites is 1. The minimum absolute atomic E-state index is 0.197. The van der Waals surface area contributed by atoms with E-state index in [1.807, 2.05) is 37.4 Å². The van der Waals surface area contributed by atoms with Gasteiger partial charge in [-0.25, -0.2) is 4.39 Å². The van der Waals surface area contributed by atoms with Crippen LogP contribution < -0.4 is 15.5 Å². The maximum atomic E-state index is 15.0. The van der Waals surface area contributed by atoms with Crippen molar-refractivity contribution in [2.45, 2.75) is 12.0 Å². The molecule has 0 bridgehead atoms. The summed E-state index contributed by atoms with van der Waals surface area (Å²) in [5, 5.41) is 6.99. The van der Waals surface area contributed by atoms with Crippen molar-refractivity contribution in [3.63, 3.8) is 0 Å². The standard InChI is InChI=1S/C24H23ClFN3/c1-27-20-10-6-5-9-17(20)22-18-14-24(16-7-3-2-4-8-16)15-28-11-12-29(24)21(18)13-19(26)23(22)25/h2-10,13,27-28H,11-12,14-15H2,1H3. The second-order valence-electron chi connectivity index (χ2n) is 7.74. The zero-order valence-electron chi connectivity index (χ0n) is 16.3. The highest BCUT2D eigenvalue weighted by molar-refractivity contribution is 6.34. The molecule has 2 aliphatic heterocycles. The Bertz CT molecular complexity index is 1070. The summed E-state index contributed by atoms with van der Waals surface area (Å²) in [4.78, 5) is 2.37. The summed E-state index contributed by atoms with van der Waals surface area (Å²) in [6.45, 7) is 2.52. The van der Waals surface area contributed by atoms with Gasteiger partial charge in [0.25, 0.3) is 0 Å². The van der Waals surface area contributed by atoms with Gasteiger partial charge < -0.3 is 15.5 Å². The lowest BCUT2D eigenvalue weighted by Crippen LogP contribution is -2.57. The molecule has 2 heterocycles. The van der Waals surface area contributed by atoms with Gasteiger partial charge in [-0.3, -0.25) is 0 Å². The van der Waals surface area contributed by atoms with Gasteiger partial charge in [-0.2, -0.15) is 0 Å². The third-order valence-electron chi connectivity index (χ3n) is 6.29. The van der Waals surface area contributed by atoms with Gasteiger partial charge in [0.05, 0.1) is 10.6 Å². The molecule has 3 nitrogen and oxygen atoms in total. The van der Waals surface area contributed by atoms with Crippen molar-refractivity contribution in [3.8, 4) is 11.1 Å². The van der Waals surface area contributed by atoms with Crippen LogP contribution in [0.4, 0.5) is 15.8 Å². The molecule has 0 spiro atoms. The molecule has 5 heteroatoms. The third-order valence-corrected chi connectivity index (χ3v) is 6.66. The summed E-state index contributed by atoms with van der Waals surface area (Å²) >= 11 is 6.59. The first-order chi connectivity index (χ1) is 14.2. The zero-order valence-corrected chi connectivity index (χ0v) is 17.1. The van der Waals surface area contributed by atoms with Crippen LogP contribution in [0.25, 0.3) is 11.1 Å². The molecule has 5 rings (SSSR count). The Kier molecular flexibility index (Phi) is 4.49. The Labute approximate surface area is 175 Å². The second-order valence-corrected chi connectivity index (χ2v) is 8.12. The van der Waals surface area contributed by atoms with Gasteiger partial charge in [0.1, 0.15) is 5.82 Å². The predicted octanol–water partition coefficient (Wildman–Crippen LogP) is 5.05. The molecule has 148 valence electrons. The van der Waals surface area contributed by atoms with E-state index in [1.165, 1.54) is 5.56 Å². The molecule has 1 fully saturated rings.